The summed E-state index contributed by atoms with van der Waals surface area (Å²) in [6.07, 6.45) is -0.165. The quantitative estimate of drug-likeness (QED) is 0.322. The standard InChI is InChI=1S/C25H28N2O8/c1-10(27-35-24(2,3)4)13-5-6-15(28)18-14(13)8-11-7-12-9-16(29)19(23(26)33)22(32)25(12,34)21(31)17(11)20(18)30/h5-6,11-12,17,19,28,34H,7-9H2,1-4H3,(H2,26,33)/t11-,12+,17?,19?,25+/m1/s1. The van der Waals surface area contributed by atoms with Crippen molar-refractivity contribution in [1.82, 2.24) is 0 Å². The van der Waals surface area contributed by atoms with Crippen molar-refractivity contribution in [3.05, 3.63) is 28.8 Å². The van der Waals surface area contributed by atoms with Crippen LogP contribution in [-0.4, -0.2) is 56.2 Å². The number of hydrogen-bond acceptors (Lipinski definition) is 9. The number of fused-ring (bicyclic) bond motifs is 3. The molecule has 1 amide bonds. The number of phenolic OH excluding ortho intramolecular Hbond substituents is 1. The highest BCUT2D eigenvalue weighted by molar-refractivity contribution is 6.31. The van der Waals surface area contributed by atoms with Crippen LogP contribution in [0.5, 0.6) is 5.75 Å². The summed E-state index contributed by atoms with van der Waals surface area (Å²) in [4.78, 5) is 69.6. The fourth-order valence-corrected chi connectivity index (χ4v) is 5.56. The Balaban J connectivity index is 1.78. The molecule has 0 spiro atoms. The van der Waals surface area contributed by atoms with Crippen molar-refractivity contribution in [3.8, 4) is 5.75 Å². The first-order chi connectivity index (χ1) is 16.2. The Kier molecular flexibility index (Phi) is 5.71. The van der Waals surface area contributed by atoms with Crippen LogP contribution in [0.25, 0.3) is 0 Å². The van der Waals surface area contributed by atoms with E-state index in [0.717, 1.165) is 0 Å². The number of primary amides is 1. The zero-order chi connectivity index (χ0) is 26.0. The molecule has 0 aromatic heterocycles. The number of hydrogen-bond donors (Lipinski definition) is 3. The lowest BCUT2D eigenvalue weighted by Crippen LogP contribution is -2.68. The molecule has 4 rings (SSSR count). The predicted octanol–water partition coefficient (Wildman–Crippen LogP) is 0.866. The minimum atomic E-state index is -2.66. The van der Waals surface area contributed by atoms with E-state index in [0.29, 0.717) is 16.8 Å². The molecule has 0 saturated heterocycles. The monoisotopic (exact) mass is 484 g/mol. The van der Waals surface area contributed by atoms with Crippen molar-refractivity contribution in [2.24, 2.45) is 34.6 Å². The molecule has 35 heavy (non-hydrogen) atoms. The smallest absolute Gasteiger partial charge is 0.235 e. The molecule has 2 fully saturated rings. The number of Topliss-reactive ketones (excluding diaryl/α,β-unsaturated/α-hetero) is 4. The minimum absolute atomic E-state index is 0.0326. The summed E-state index contributed by atoms with van der Waals surface area (Å²) in [5, 5.41) is 25.9. The highest BCUT2D eigenvalue weighted by Gasteiger charge is 2.66. The average Bonchev–Trinajstić information content (AvgIpc) is 2.74. The van der Waals surface area contributed by atoms with Gasteiger partial charge in [0, 0.05) is 17.9 Å². The number of ketones is 4. The number of rotatable bonds is 3. The molecule has 1 aromatic carbocycles. The van der Waals surface area contributed by atoms with Gasteiger partial charge in [0.2, 0.25) is 5.91 Å². The number of carbonyl (C=O) groups excluding carboxylic acids is 5. The molecule has 0 radical (unpaired) electrons. The molecule has 1 aromatic rings. The maximum Gasteiger partial charge on any atom is 0.235 e. The third-order valence-electron chi connectivity index (χ3n) is 7.13. The van der Waals surface area contributed by atoms with E-state index in [1.54, 1.807) is 13.0 Å². The molecule has 10 nitrogen and oxygen atoms in total. The SMILES string of the molecule is CC(=NOC(C)(C)C)c1ccc(O)c2c1C[C@H]1C[C@H]3CC(=O)C(C(N)=O)C(=O)[C@@]3(O)C(=O)C1C2=O. The fraction of sp³-hybridized carbons (Fsp3) is 0.520. The van der Waals surface area contributed by atoms with Crippen LogP contribution in [0.1, 0.15) is 62.0 Å². The van der Waals surface area contributed by atoms with E-state index >= 15 is 0 Å². The van der Waals surface area contributed by atoms with Gasteiger partial charge in [0.15, 0.2) is 34.7 Å². The Hall–Kier alpha value is -3.40. The van der Waals surface area contributed by atoms with Gasteiger partial charge in [0.25, 0.3) is 0 Å². The highest BCUT2D eigenvalue weighted by atomic mass is 16.6. The average molecular weight is 485 g/mol. The van der Waals surface area contributed by atoms with Crippen LogP contribution < -0.4 is 5.73 Å². The maximum atomic E-state index is 13.5. The third-order valence-corrected chi connectivity index (χ3v) is 7.13. The molecule has 3 aliphatic carbocycles. The van der Waals surface area contributed by atoms with Crippen LogP contribution in [-0.2, 0) is 30.4 Å². The Morgan fingerprint density at radius 2 is 1.80 bits per heavy atom. The molecule has 2 saturated carbocycles. The number of carbonyl (C=O) groups is 5. The molecule has 10 heteroatoms. The zero-order valence-corrected chi connectivity index (χ0v) is 20.0. The summed E-state index contributed by atoms with van der Waals surface area (Å²) < 4.78 is 0. The van der Waals surface area contributed by atoms with Crippen LogP contribution in [0.15, 0.2) is 17.3 Å². The molecular formula is C25H28N2O8. The van der Waals surface area contributed by atoms with Gasteiger partial charge in [-0.1, -0.05) is 5.16 Å². The van der Waals surface area contributed by atoms with Crippen LogP contribution in [0, 0.1) is 23.7 Å². The van der Waals surface area contributed by atoms with Crippen LogP contribution in [0.2, 0.25) is 0 Å². The number of amides is 1. The molecule has 4 N–H and O–H groups in total. The van der Waals surface area contributed by atoms with Crippen molar-refractivity contribution in [2.45, 2.75) is 58.2 Å². The Bertz CT molecular complexity index is 1210. The fourth-order valence-electron chi connectivity index (χ4n) is 5.56. The second kappa shape index (κ2) is 8.08. The summed E-state index contributed by atoms with van der Waals surface area (Å²) in [5.41, 5.74) is 3.41. The van der Waals surface area contributed by atoms with Crippen molar-refractivity contribution in [3.63, 3.8) is 0 Å². The number of nitrogens with zero attached hydrogens (tertiary/aromatic N) is 1. The lowest BCUT2D eigenvalue weighted by molar-refractivity contribution is -0.175. The van der Waals surface area contributed by atoms with E-state index in [1.165, 1.54) is 6.07 Å². The zero-order valence-electron chi connectivity index (χ0n) is 20.0. The first-order valence-electron chi connectivity index (χ1n) is 11.4. The van der Waals surface area contributed by atoms with Gasteiger partial charge in [-0.05, 0) is 64.2 Å². The molecular weight excluding hydrogens is 456 g/mol. The Morgan fingerprint density at radius 1 is 1.14 bits per heavy atom. The number of phenols is 1. The van der Waals surface area contributed by atoms with Crippen molar-refractivity contribution < 1.29 is 39.0 Å². The molecule has 0 bridgehead atoms. The summed E-state index contributed by atoms with van der Waals surface area (Å²) >= 11 is 0. The summed E-state index contributed by atoms with van der Waals surface area (Å²) in [6.45, 7) is 7.18. The minimum Gasteiger partial charge on any atom is -0.507 e. The van der Waals surface area contributed by atoms with E-state index in [4.69, 9.17) is 10.6 Å². The normalized spacial score (nSPS) is 30.9. The highest BCUT2D eigenvalue weighted by Crippen LogP contribution is 2.50. The van der Waals surface area contributed by atoms with Gasteiger partial charge < -0.3 is 20.8 Å². The van der Waals surface area contributed by atoms with Crippen molar-refractivity contribution >= 4 is 34.8 Å². The number of aromatic hydroxyl groups is 1. The van der Waals surface area contributed by atoms with Crippen LogP contribution in [0.4, 0.5) is 0 Å². The van der Waals surface area contributed by atoms with E-state index in [2.05, 4.69) is 5.16 Å². The number of oxime groups is 1. The van der Waals surface area contributed by atoms with Gasteiger partial charge in [-0.2, -0.15) is 0 Å². The number of nitrogens with two attached hydrogens (primary N) is 1. The van der Waals surface area contributed by atoms with Gasteiger partial charge >= 0.3 is 0 Å². The second-order valence-corrected chi connectivity index (χ2v) is 10.6. The molecule has 0 aliphatic heterocycles. The van der Waals surface area contributed by atoms with E-state index in [1.807, 2.05) is 20.8 Å². The largest absolute Gasteiger partial charge is 0.507 e. The molecule has 186 valence electrons. The van der Waals surface area contributed by atoms with Gasteiger partial charge in [0.1, 0.15) is 11.4 Å². The summed E-state index contributed by atoms with van der Waals surface area (Å²) in [5.74, 6) is -10.4. The topological polar surface area (TPSA) is 173 Å². The first kappa shape index (κ1) is 24.7. The maximum absolute atomic E-state index is 13.5. The van der Waals surface area contributed by atoms with E-state index < -0.39 is 63.9 Å². The predicted molar refractivity (Wildman–Crippen MR) is 122 cm³/mol. The van der Waals surface area contributed by atoms with Gasteiger partial charge in [-0.3, -0.25) is 24.0 Å². The molecule has 2 unspecified atom stereocenters. The van der Waals surface area contributed by atoms with Gasteiger partial charge in [-0.25, -0.2) is 0 Å². The second-order valence-electron chi connectivity index (χ2n) is 10.6. The third kappa shape index (κ3) is 3.76. The van der Waals surface area contributed by atoms with E-state index in [9.17, 15) is 34.2 Å². The molecule has 3 aliphatic rings. The van der Waals surface area contributed by atoms with E-state index in [-0.39, 0.29) is 30.6 Å². The Morgan fingerprint density at radius 3 is 2.40 bits per heavy atom. The Labute approximate surface area is 201 Å². The molecule has 0 heterocycles. The van der Waals surface area contributed by atoms with Gasteiger partial charge in [0.05, 0.1) is 17.2 Å². The molecule has 5 atom stereocenters. The summed E-state index contributed by atoms with van der Waals surface area (Å²) in [6, 6.07) is 2.93. The van der Waals surface area contributed by atoms with Crippen LogP contribution >= 0.6 is 0 Å². The van der Waals surface area contributed by atoms with Crippen molar-refractivity contribution in [2.75, 3.05) is 0 Å². The number of aliphatic hydroxyl groups is 1. The lowest BCUT2D eigenvalue weighted by atomic mass is 9.53. The summed E-state index contributed by atoms with van der Waals surface area (Å²) in [7, 11) is 0. The van der Waals surface area contributed by atoms with Crippen molar-refractivity contribution in [1.29, 1.82) is 0 Å². The van der Waals surface area contributed by atoms with Crippen LogP contribution in [0.3, 0.4) is 0 Å². The first-order valence-corrected chi connectivity index (χ1v) is 11.4. The van der Waals surface area contributed by atoms with Gasteiger partial charge in [-0.15, -0.1) is 0 Å². The number of benzene rings is 1. The lowest BCUT2D eigenvalue weighted by Gasteiger charge is -2.48.